The Morgan fingerprint density at radius 1 is 1.29 bits per heavy atom. The number of halogens is 2. The lowest BCUT2D eigenvalue weighted by Crippen LogP contribution is -2.46. The molecule has 1 saturated carbocycles. The van der Waals surface area contributed by atoms with Crippen molar-refractivity contribution in [2.45, 2.75) is 50.7 Å². The normalized spacial score (nSPS) is 21.3. The molecule has 1 aliphatic carbocycles. The third kappa shape index (κ3) is 5.09. The van der Waals surface area contributed by atoms with Gasteiger partial charge in [-0.1, -0.05) is 42.6 Å². The molecule has 1 saturated heterocycles. The average molecular weight is 373 g/mol. The van der Waals surface area contributed by atoms with E-state index in [2.05, 4.69) is 5.32 Å². The third-order valence-corrected chi connectivity index (χ3v) is 5.17. The largest absolute Gasteiger partial charge is 0.378 e. The van der Waals surface area contributed by atoms with Crippen molar-refractivity contribution in [2.75, 3.05) is 19.8 Å². The third-order valence-electron chi connectivity index (χ3n) is 4.80. The van der Waals surface area contributed by atoms with Gasteiger partial charge in [-0.2, -0.15) is 0 Å². The molecule has 0 radical (unpaired) electrons. The Hall–Kier alpha value is -0.810. The van der Waals surface area contributed by atoms with Crippen molar-refractivity contribution in [3.05, 3.63) is 34.9 Å². The number of carbonyl (C=O) groups excluding carboxylic acids is 1. The molecule has 1 atom stereocenters. The molecule has 1 N–H and O–H groups in total. The Labute approximate surface area is 155 Å². The van der Waals surface area contributed by atoms with Crippen LogP contribution in [0.2, 0.25) is 5.02 Å². The van der Waals surface area contributed by atoms with E-state index in [0.29, 0.717) is 25.6 Å². The number of ether oxygens (including phenoxy) is 1. The van der Waals surface area contributed by atoms with Crippen molar-refractivity contribution >= 4 is 29.9 Å². The lowest BCUT2D eigenvalue weighted by Gasteiger charge is -2.32. The first kappa shape index (κ1) is 19.5. The van der Waals surface area contributed by atoms with Gasteiger partial charge >= 0.3 is 0 Å². The summed E-state index contributed by atoms with van der Waals surface area (Å²) >= 11 is 6.30. The smallest absolute Gasteiger partial charge is 0.224 e. The fourth-order valence-electron chi connectivity index (χ4n) is 3.53. The van der Waals surface area contributed by atoms with E-state index in [1.807, 2.05) is 29.2 Å². The van der Waals surface area contributed by atoms with E-state index in [-0.39, 0.29) is 24.4 Å². The minimum absolute atomic E-state index is 0. The van der Waals surface area contributed by atoms with Crippen molar-refractivity contribution in [1.29, 1.82) is 0 Å². The Morgan fingerprint density at radius 2 is 2.04 bits per heavy atom. The van der Waals surface area contributed by atoms with Gasteiger partial charge < -0.3 is 15.0 Å². The summed E-state index contributed by atoms with van der Waals surface area (Å²) in [7, 11) is 0. The van der Waals surface area contributed by atoms with Crippen LogP contribution in [-0.2, 0) is 16.1 Å². The van der Waals surface area contributed by atoms with Crippen LogP contribution in [0.25, 0.3) is 0 Å². The summed E-state index contributed by atoms with van der Waals surface area (Å²) in [5.74, 6) is 0.208. The predicted octanol–water partition coefficient (Wildman–Crippen LogP) is 3.41. The summed E-state index contributed by atoms with van der Waals surface area (Å²) in [6, 6.07) is 8.30. The first-order valence-corrected chi connectivity index (χ1v) is 8.96. The van der Waals surface area contributed by atoms with Crippen molar-refractivity contribution in [2.24, 2.45) is 0 Å². The zero-order chi connectivity index (χ0) is 16.1. The molecule has 134 valence electrons. The van der Waals surface area contributed by atoms with Crippen LogP contribution in [-0.4, -0.2) is 42.6 Å². The van der Waals surface area contributed by atoms with E-state index in [0.717, 1.165) is 36.6 Å². The molecule has 24 heavy (non-hydrogen) atoms. The number of nitrogens with zero attached hydrogens (tertiary/aromatic N) is 1. The topological polar surface area (TPSA) is 41.6 Å². The van der Waals surface area contributed by atoms with E-state index in [1.165, 1.54) is 12.8 Å². The molecule has 1 aliphatic heterocycles. The van der Waals surface area contributed by atoms with Gasteiger partial charge in [0.25, 0.3) is 0 Å². The molecule has 6 heteroatoms. The van der Waals surface area contributed by atoms with Gasteiger partial charge in [0, 0.05) is 36.6 Å². The number of rotatable bonds is 5. The minimum Gasteiger partial charge on any atom is -0.378 e. The van der Waals surface area contributed by atoms with Gasteiger partial charge in [0.05, 0.1) is 13.2 Å². The summed E-state index contributed by atoms with van der Waals surface area (Å²) in [5.41, 5.74) is 1.03. The Bertz CT molecular complexity index is 530. The number of morpholine rings is 1. The maximum Gasteiger partial charge on any atom is 0.224 e. The molecular formula is C18H26Cl2N2O2. The van der Waals surface area contributed by atoms with Gasteiger partial charge in [-0.05, 0) is 24.5 Å². The summed E-state index contributed by atoms with van der Waals surface area (Å²) < 4.78 is 5.47. The van der Waals surface area contributed by atoms with Gasteiger partial charge in [-0.3, -0.25) is 4.79 Å². The molecular weight excluding hydrogens is 347 g/mol. The van der Waals surface area contributed by atoms with Crippen LogP contribution >= 0.6 is 24.0 Å². The first-order chi connectivity index (χ1) is 11.2. The van der Waals surface area contributed by atoms with Gasteiger partial charge in [-0.25, -0.2) is 0 Å². The number of hydrogen-bond acceptors (Lipinski definition) is 3. The van der Waals surface area contributed by atoms with Gasteiger partial charge in [-0.15, -0.1) is 12.4 Å². The SMILES string of the molecule is Cl.O=C(CC1COCCN1)N(Cc1ccccc1Cl)C1CCCC1. The first-order valence-electron chi connectivity index (χ1n) is 8.58. The maximum absolute atomic E-state index is 12.9. The highest BCUT2D eigenvalue weighted by Gasteiger charge is 2.29. The van der Waals surface area contributed by atoms with E-state index >= 15 is 0 Å². The van der Waals surface area contributed by atoms with E-state index < -0.39 is 0 Å². The Kier molecular flexibility index (Phi) is 7.82. The molecule has 1 heterocycles. The monoisotopic (exact) mass is 372 g/mol. The van der Waals surface area contributed by atoms with Crippen molar-refractivity contribution in [3.63, 3.8) is 0 Å². The van der Waals surface area contributed by atoms with Crippen LogP contribution in [0.4, 0.5) is 0 Å². The highest BCUT2D eigenvalue weighted by atomic mass is 35.5. The second-order valence-electron chi connectivity index (χ2n) is 6.48. The van der Waals surface area contributed by atoms with Crippen molar-refractivity contribution in [3.8, 4) is 0 Å². The summed E-state index contributed by atoms with van der Waals surface area (Å²) in [6.07, 6.45) is 5.13. The van der Waals surface area contributed by atoms with Crippen LogP contribution in [0.3, 0.4) is 0 Å². The number of nitrogens with one attached hydrogen (secondary N) is 1. The molecule has 0 aromatic heterocycles. The molecule has 2 fully saturated rings. The molecule has 2 aliphatic rings. The quantitative estimate of drug-likeness (QED) is 0.860. The molecule has 4 nitrogen and oxygen atoms in total. The molecule has 1 unspecified atom stereocenters. The average Bonchev–Trinajstić information content (AvgIpc) is 3.09. The minimum atomic E-state index is 0. The van der Waals surface area contributed by atoms with Crippen LogP contribution in [0.5, 0.6) is 0 Å². The van der Waals surface area contributed by atoms with Crippen molar-refractivity contribution in [1.82, 2.24) is 10.2 Å². The molecule has 1 amide bonds. The molecule has 1 aromatic carbocycles. The fourth-order valence-corrected chi connectivity index (χ4v) is 3.72. The van der Waals surface area contributed by atoms with Crippen LogP contribution in [0.15, 0.2) is 24.3 Å². The van der Waals surface area contributed by atoms with Gasteiger partial charge in [0.15, 0.2) is 0 Å². The van der Waals surface area contributed by atoms with E-state index in [4.69, 9.17) is 16.3 Å². The number of carbonyl (C=O) groups is 1. The Morgan fingerprint density at radius 3 is 2.71 bits per heavy atom. The second-order valence-corrected chi connectivity index (χ2v) is 6.89. The van der Waals surface area contributed by atoms with Crippen LogP contribution in [0, 0.1) is 0 Å². The lowest BCUT2D eigenvalue weighted by atomic mass is 10.1. The second kappa shape index (κ2) is 9.62. The Balaban J connectivity index is 0.00000208. The summed E-state index contributed by atoms with van der Waals surface area (Å²) in [6.45, 7) is 2.79. The van der Waals surface area contributed by atoms with Crippen molar-refractivity contribution < 1.29 is 9.53 Å². The number of benzene rings is 1. The molecule has 0 spiro atoms. The van der Waals surface area contributed by atoms with Gasteiger partial charge in [0.1, 0.15) is 0 Å². The predicted molar refractivity (Wildman–Crippen MR) is 98.7 cm³/mol. The zero-order valence-electron chi connectivity index (χ0n) is 13.9. The number of amides is 1. The van der Waals surface area contributed by atoms with E-state index in [9.17, 15) is 4.79 Å². The number of hydrogen-bond donors (Lipinski definition) is 1. The summed E-state index contributed by atoms with van der Waals surface area (Å²) in [4.78, 5) is 14.9. The molecule has 1 aromatic rings. The zero-order valence-corrected chi connectivity index (χ0v) is 15.5. The van der Waals surface area contributed by atoms with Crippen LogP contribution < -0.4 is 5.32 Å². The van der Waals surface area contributed by atoms with Crippen LogP contribution in [0.1, 0.15) is 37.7 Å². The molecule has 3 rings (SSSR count). The highest BCUT2D eigenvalue weighted by Crippen LogP contribution is 2.27. The maximum atomic E-state index is 12.9. The highest BCUT2D eigenvalue weighted by molar-refractivity contribution is 6.31. The molecule has 0 bridgehead atoms. The fraction of sp³-hybridized carbons (Fsp3) is 0.611. The van der Waals surface area contributed by atoms with Gasteiger partial charge in [0.2, 0.25) is 5.91 Å². The summed E-state index contributed by atoms with van der Waals surface area (Å²) in [5, 5.41) is 4.11. The standard InChI is InChI=1S/C18H25ClN2O2.ClH/c19-17-8-4-1-5-14(17)12-21(16-6-2-3-7-16)18(22)11-15-13-23-10-9-20-15;/h1,4-5,8,15-16,20H,2-3,6-7,9-13H2;1H. The van der Waals surface area contributed by atoms with E-state index in [1.54, 1.807) is 0 Å². The lowest BCUT2D eigenvalue weighted by molar-refractivity contribution is -0.135.